The molecule has 0 saturated carbocycles. The molecule has 1 aliphatic rings. The monoisotopic (exact) mass is 364 g/mol. The first kappa shape index (κ1) is 17.5. The molecule has 138 valence electrons. The van der Waals surface area contributed by atoms with Gasteiger partial charge in [0, 0.05) is 24.7 Å². The Hall–Kier alpha value is -2.86. The topological polar surface area (TPSA) is 61.9 Å². The number of piperidine rings is 1. The highest BCUT2D eigenvalue weighted by molar-refractivity contribution is 5.48. The molecule has 6 heteroatoms. The van der Waals surface area contributed by atoms with Crippen LogP contribution in [0.3, 0.4) is 0 Å². The van der Waals surface area contributed by atoms with Gasteiger partial charge in [-0.05, 0) is 55.8 Å². The lowest BCUT2D eigenvalue weighted by atomic mass is 9.93. The van der Waals surface area contributed by atoms with Gasteiger partial charge in [0.25, 0.3) is 5.56 Å². The number of nitrogens with zero attached hydrogens (tertiary/aromatic N) is 3. The Morgan fingerprint density at radius 2 is 1.89 bits per heavy atom. The molecule has 1 saturated heterocycles. The van der Waals surface area contributed by atoms with Crippen molar-refractivity contribution in [3.63, 3.8) is 0 Å². The van der Waals surface area contributed by atoms with Crippen LogP contribution in [0.1, 0.15) is 30.0 Å². The first-order valence-electron chi connectivity index (χ1n) is 9.17. The Morgan fingerprint density at radius 1 is 1.11 bits per heavy atom. The average molecular weight is 364 g/mol. The molecule has 5 nitrogen and oxygen atoms in total. The van der Waals surface area contributed by atoms with Crippen LogP contribution in [-0.2, 0) is 6.54 Å². The normalized spacial score (nSPS) is 15.7. The van der Waals surface area contributed by atoms with Crippen LogP contribution in [0.25, 0.3) is 11.5 Å². The Kier molecular flexibility index (Phi) is 5.07. The van der Waals surface area contributed by atoms with Gasteiger partial charge in [0.15, 0.2) is 5.82 Å². The zero-order valence-electron chi connectivity index (χ0n) is 14.9. The molecular formula is C21H21FN4O. The van der Waals surface area contributed by atoms with E-state index in [1.807, 2.05) is 30.3 Å². The fourth-order valence-corrected chi connectivity index (χ4v) is 3.54. The van der Waals surface area contributed by atoms with Crippen molar-refractivity contribution in [2.75, 3.05) is 13.1 Å². The SMILES string of the molecule is O=c1cc(C2CCN(Cc3ccc(F)cc3)CC2)nc(-c2ccccn2)[nH]1. The second kappa shape index (κ2) is 7.80. The van der Waals surface area contributed by atoms with Gasteiger partial charge in [-0.15, -0.1) is 0 Å². The fourth-order valence-electron chi connectivity index (χ4n) is 3.54. The van der Waals surface area contributed by atoms with E-state index < -0.39 is 0 Å². The number of H-pyrrole nitrogens is 1. The number of pyridine rings is 1. The van der Waals surface area contributed by atoms with Gasteiger partial charge < -0.3 is 4.98 Å². The van der Waals surface area contributed by atoms with Crippen LogP contribution in [0, 0.1) is 5.82 Å². The zero-order valence-corrected chi connectivity index (χ0v) is 14.9. The van der Waals surface area contributed by atoms with E-state index in [-0.39, 0.29) is 17.3 Å². The molecule has 0 unspecified atom stereocenters. The Bertz CT molecular complexity index is 948. The third-order valence-corrected chi connectivity index (χ3v) is 4.99. The van der Waals surface area contributed by atoms with E-state index in [4.69, 9.17) is 0 Å². The average Bonchev–Trinajstić information content (AvgIpc) is 2.70. The molecule has 0 spiro atoms. The summed E-state index contributed by atoms with van der Waals surface area (Å²) in [4.78, 5) is 26.2. The van der Waals surface area contributed by atoms with Crippen LogP contribution in [0.15, 0.2) is 59.5 Å². The lowest BCUT2D eigenvalue weighted by Crippen LogP contribution is -2.33. The van der Waals surface area contributed by atoms with Crippen molar-refractivity contribution in [2.45, 2.75) is 25.3 Å². The Labute approximate surface area is 156 Å². The molecule has 0 amide bonds. The minimum atomic E-state index is -0.207. The maximum absolute atomic E-state index is 13.0. The van der Waals surface area contributed by atoms with E-state index in [0.29, 0.717) is 11.5 Å². The number of rotatable bonds is 4. The number of aromatic nitrogens is 3. The molecule has 1 N–H and O–H groups in total. The van der Waals surface area contributed by atoms with E-state index >= 15 is 0 Å². The van der Waals surface area contributed by atoms with E-state index in [1.165, 1.54) is 12.1 Å². The van der Waals surface area contributed by atoms with Gasteiger partial charge in [0.1, 0.15) is 11.5 Å². The molecule has 4 rings (SSSR count). The number of hydrogen-bond acceptors (Lipinski definition) is 4. The quantitative estimate of drug-likeness (QED) is 0.771. The Balaban J connectivity index is 1.44. The Morgan fingerprint density at radius 3 is 2.59 bits per heavy atom. The summed E-state index contributed by atoms with van der Waals surface area (Å²) in [5, 5.41) is 0. The van der Waals surface area contributed by atoms with Crippen molar-refractivity contribution < 1.29 is 4.39 Å². The summed E-state index contributed by atoms with van der Waals surface area (Å²) in [7, 11) is 0. The molecule has 1 fully saturated rings. The van der Waals surface area contributed by atoms with Crippen molar-refractivity contribution in [1.82, 2.24) is 19.9 Å². The molecule has 0 bridgehead atoms. The maximum atomic E-state index is 13.0. The van der Waals surface area contributed by atoms with Gasteiger partial charge in [-0.1, -0.05) is 18.2 Å². The molecule has 0 aliphatic carbocycles. The molecule has 3 aromatic rings. The van der Waals surface area contributed by atoms with Gasteiger partial charge in [0.2, 0.25) is 0 Å². The summed E-state index contributed by atoms with van der Waals surface area (Å²) >= 11 is 0. The number of nitrogens with one attached hydrogen (secondary N) is 1. The third-order valence-electron chi connectivity index (χ3n) is 4.99. The molecule has 0 radical (unpaired) electrons. The van der Waals surface area contributed by atoms with Crippen molar-refractivity contribution in [3.05, 3.63) is 82.2 Å². The molecule has 2 aromatic heterocycles. The van der Waals surface area contributed by atoms with Gasteiger partial charge in [-0.2, -0.15) is 0 Å². The smallest absolute Gasteiger partial charge is 0.251 e. The molecule has 27 heavy (non-hydrogen) atoms. The predicted octanol–water partition coefficient (Wildman–Crippen LogP) is 3.35. The summed E-state index contributed by atoms with van der Waals surface area (Å²) in [5.41, 5.74) is 2.47. The van der Waals surface area contributed by atoms with Crippen molar-refractivity contribution >= 4 is 0 Å². The minimum absolute atomic E-state index is 0.144. The summed E-state index contributed by atoms with van der Waals surface area (Å²) in [5.74, 6) is 0.576. The second-order valence-corrected chi connectivity index (χ2v) is 6.91. The van der Waals surface area contributed by atoms with Crippen LogP contribution in [0.4, 0.5) is 4.39 Å². The van der Waals surface area contributed by atoms with Gasteiger partial charge in [-0.3, -0.25) is 14.7 Å². The summed E-state index contributed by atoms with van der Waals surface area (Å²) < 4.78 is 13.0. The largest absolute Gasteiger partial charge is 0.305 e. The summed E-state index contributed by atoms with van der Waals surface area (Å²) in [6, 6.07) is 13.8. The molecule has 0 atom stereocenters. The van der Waals surface area contributed by atoms with E-state index in [9.17, 15) is 9.18 Å². The van der Waals surface area contributed by atoms with E-state index in [2.05, 4.69) is 19.9 Å². The van der Waals surface area contributed by atoms with Crippen molar-refractivity contribution in [1.29, 1.82) is 0 Å². The van der Waals surface area contributed by atoms with Crippen LogP contribution in [-0.4, -0.2) is 32.9 Å². The van der Waals surface area contributed by atoms with Crippen LogP contribution in [0.5, 0.6) is 0 Å². The summed E-state index contributed by atoms with van der Waals surface area (Å²) in [6.07, 6.45) is 3.58. The zero-order chi connectivity index (χ0) is 18.6. The predicted molar refractivity (Wildman–Crippen MR) is 102 cm³/mol. The van der Waals surface area contributed by atoms with Gasteiger partial charge in [-0.25, -0.2) is 9.37 Å². The second-order valence-electron chi connectivity index (χ2n) is 6.91. The van der Waals surface area contributed by atoms with Crippen LogP contribution < -0.4 is 5.56 Å². The highest BCUT2D eigenvalue weighted by atomic mass is 19.1. The number of aromatic amines is 1. The highest BCUT2D eigenvalue weighted by Crippen LogP contribution is 2.27. The first-order valence-corrected chi connectivity index (χ1v) is 9.17. The molecule has 1 aromatic carbocycles. The van der Waals surface area contributed by atoms with E-state index in [0.717, 1.165) is 43.7 Å². The van der Waals surface area contributed by atoms with Crippen molar-refractivity contribution in [2.24, 2.45) is 0 Å². The number of hydrogen-bond donors (Lipinski definition) is 1. The molecule has 3 heterocycles. The number of benzene rings is 1. The lowest BCUT2D eigenvalue weighted by molar-refractivity contribution is 0.203. The van der Waals surface area contributed by atoms with Gasteiger partial charge >= 0.3 is 0 Å². The third kappa shape index (κ3) is 4.28. The fraction of sp³-hybridized carbons (Fsp3) is 0.286. The maximum Gasteiger partial charge on any atom is 0.251 e. The number of halogens is 1. The molecule has 1 aliphatic heterocycles. The van der Waals surface area contributed by atoms with E-state index in [1.54, 1.807) is 12.3 Å². The van der Waals surface area contributed by atoms with Crippen LogP contribution >= 0.6 is 0 Å². The first-order chi connectivity index (χ1) is 13.2. The number of likely N-dealkylation sites (tertiary alicyclic amines) is 1. The van der Waals surface area contributed by atoms with Crippen LogP contribution in [0.2, 0.25) is 0 Å². The lowest BCUT2D eigenvalue weighted by Gasteiger charge is -2.31. The highest BCUT2D eigenvalue weighted by Gasteiger charge is 2.22. The molecular weight excluding hydrogens is 343 g/mol. The summed E-state index contributed by atoms with van der Waals surface area (Å²) in [6.45, 7) is 2.67. The standard InChI is InChI=1S/C21H21FN4O/c22-17-6-4-15(5-7-17)14-26-11-8-16(9-12-26)19-13-20(27)25-21(24-19)18-3-1-2-10-23-18/h1-7,10,13,16H,8-9,11-12,14H2,(H,24,25,27). The van der Waals surface area contributed by atoms with Gasteiger partial charge in [0.05, 0.1) is 5.69 Å². The van der Waals surface area contributed by atoms with Crippen molar-refractivity contribution in [3.8, 4) is 11.5 Å². The minimum Gasteiger partial charge on any atom is -0.305 e.